The van der Waals surface area contributed by atoms with E-state index in [9.17, 15) is 13.2 Å². The second kappa shape index (κ2) is 7.88. The first-order valence-corrected chi connectivity index (χ1v) is 9.58. The molecule has 6 nitrogen and oxygen atoms in total. The highest BCUT2D eigenvalue weighted by atomic mass is 32.2. The van der Waals surface area contributed by atoms with Crippen LogP contribution in [-0.4, -0.2) is 39.3 Å². The zero-order chi connectivity index (χ0) is 19.5. The van der Waals surface area contributed by atoms with Gasteiger partial charge in [-0.05, 0) is 56.2 Å². The van der Waals surface area contributed by atoms with Gasteiger partial charge < -0.3 is 10.1 Å². The lowest BCUT2D eigenvalue weighted by Crippen LogP contribution is -2.22. The molecule has 0 aliphatic carbocycles. The summed E-state index contributed by atoms with van der Waals surface area (Å²) in [5, 5.41) is 2.86. The molecule has 0 radical (unpaired) electrons. The third kappa shape index (κ3) is 4.62. The Hall–Kier alpha value is -2.38. The zero-order valence-corrected chi connectivity index (χ0v) is 16.5. The number of ether oxygens (including phenoxy) is 1. The van der Waals surface area contributed by atoms with Crippen molar-refractivity contribution in [3.05, 3.63) is 53.1 Å². The fourth-order valence-electron chi connectivity index (χ4n) is 2.62. The predicted molar refractivity (Wildman–Crippen MR) is 102 cm³/mol. The fourth-order valence-corrected chi connectivity index (χ4v) is 3.52. The number of amides is 1. The van der Waals surface area contributed by atoms with Crippen LogP contribution in [0.2, 0.25) is 0 Å². The molecular formula is C19H24N2O4S. The van der Waals surface area contributed by atoms with Gasteiger partial charge in [-0.3, -0.25) is 4.79 Å². The van der Waals surface area contributed by atoms with E-state index >= 15 is 0 Å². The molecule has 0 heterocycles. The first-order chi connectivity index (χ1) is 12.1. The summed E-state index contributed by atoms with van der Waals surface area (Å²) in [4.78, 5) is 12.3. The quantitative estimate of drug-likeness (QED) is 0.841. The van der Waals surface area contributed by atoms with Gasteiger partial charge in [0.25, 0.3) is 5.91 Å². The normalized spacial score (nSPS) is 11.5. The summed E-state index contributed by atoms with van der Waals surface area (Å²) in [5.74, 6) is 0.153. The van der Waals surface area contributed by atoms with Gasteiger partial charge in [-0.1, -0.05) is 17.7 Å². The molecule has 0 unspecified atom stereocenters. The number of sulfonamides is 1. The molecule has 0 fully saturated rings. The first kappa shape index (κ1) is 19.9. The molecule has 140 valence electrons. The van der Waals surface area contributed by atoms with E-state index < -0.39 is 10.0 Å². The number of anilines is 1. The number of hydrogen-bond acceptors (Lipinski definition) is 4. The fraction of sp³-hybridized carbons (Fsp3) is 0.316. The van der Waals surface area contributed by atoms with Crippen molar-refractivity contribution in [1.29, 1.82) is 0 Å². The Kier molecular flexibility index (Phi) is 6.05. The lowest BCUT2D eigenvalue weighted by Gasteiger charge is -2.14. The van der Waals surface area contributed by atoms with Gasteiger partial charge in [0.2, 0.25) is 10.0 Å². The van der Waals surface area contributed by atoms with Gasteiger partial charge in [-0.2, -0.15) is 0 Å². The number of aryl methyl sites for hydroxylation is 3. The first-order valence-electron chi connectivity index (χ1n) is 8.14. The van der Waals surface area contributed by atoms with Crippen LogP contribution in [-0.2, 0) is 14.8 Å². The van der Waals surface area contributed by atoms with Gasteiger partial charge in [0.05, 0.1) is 4.90 Å². The smallest absolute Gasteiger partial charge is 0.262 e. The van der Waals surface area contributed by atoms with E-state index in [1.165, 1.54) is 38.4 Å². The average molecular weight is 376 g/mol. The Balaban J connectivity index is 2.00. The van der Waals surface area contributed by atoms with Gasteiger partial charge in [0.15, 0.2) is 6.61 Å². The second-order valence-corrected chi connectivity index (χ2v) is 8.52. The summed E-state index contributed by atoms with van der Waals surface area (Å²) in [6, 6.07) is 9.99. The van der Waals surface area contributed by atoms with E-state index in [1.54, 1.807) is 0 Å². The maximum absolute atomic E-state index is 12.2. The maximum atomic E-state index is 12.2. The van der Waals surface area contributed by atoms with Crippen molar-refractivity contribution < 1.29 is 17.9 Å². The largest absolute Gasteiger partial charge is 0.484 e. The van der Waals surface area contributed by atoms with Crippen LogP contribution in [0, 0.1) is 20.8 Å². The maximum Gasteiger partial charge on any atom is 0.262 e. The van der Waals surface area contributed by atoms with Crippen molar-refractivity contribution in [1.82, 2.24) is 4.31 Å². The van der Waals surface area contributed by atoms with Crippen LogP contribution in [0.5, 0.6) is 5.75 Å². The van der Waals surface area contributed by atoms with Gasteiger partial charge in [0, 0.05) is 19.8 Å². The Morgan fingerprint density at radius 1 is 1.04 bits per heavy atom. The molecule has 1 amide bonds. The summed E-state index contributed by atoms with van der Waals surface area (Å²) >= 11 is 0. The van der Waals surface area contributed by atoms with E-state index in [1.807, 2.05) is 32.9 Å². The van der Waals surface area contributed by atoms with E-state index in [-0.39, 0.29) is 17.4 Å². The second-order valence-electron chi connectivity index (χ2n) is 6.37. The molecule has 2 rings (SSSR count). The number of carbonyl (C=O) groups is 1. The number of benzene rings is 2. The lowest BCUT2D eigenvalue weighted by atomic mass is 10.1. The molecule has 0 aliphatic heterocycles. The van der Waals surface area contributed by atoms with E-state index in [0.717, 1.165) is 26.7 Å². The van der Waals surface area contributed by atoms with Crippen molar-refractivity contribution in [2.75, 3.05) is 26.0 Å². The molecule has 0 atom stereocenters. The molecular weight excluding hydrogens is 352 g/mol. The molecule has 0 spiro atoms. The van der Waals surface area contributed by atoms with Crippen molar-refractivity contribution in [2.45, 2.75) is 25.7 Å². The number of rotatable bonds is 6. The predicted octanol–water partition coefficient (Wildman–Crippen LogP) is 2.88. The van der Waals surface area contributed by atoms with Crippen LogP contribution < -0.4 is 10.1 Å². The van der Waals surface area contributed by atoms with Crippen LogP contribution in [0.15, 0.2) is 41.3 Å². The molecule has 0 aliphatic rings. The van der Waals surface area contributed by atoms with Crippen LogP contribution in [0.4, 0.5) is 5.69 Å². The van der Waals surface area contributed by atoms with Gasteiger partial charge in [0.1, 0.15) is 5.75 Å². The minimum Gasteiger partial charge on any atom is -0.484 e. The minimum absolute atomic E-state index is 0.160. The average Bonchev–Trinajstić information content (AvgIpc) is 2.56. The number of nitrogens with zero attached hydrogens (tertiary/aromatic N) is 1. The Morgan fingerprint density at radius 2 is 1.58 bits per heavy atom. The highest BCUT2D eigenvalue weighted by Crippen LogP contribution is 2.22. The molecule has 2 aromatic rings. The standard InChI is InChI=1S/C19H24N2O4S/c1-13-10-14(2)19(15(3)11-13)20-18(22)12-25-16-6-8-17(9-7-16)26(23,24)21(4)5/h6-11H,12H2,1-5H3,(H,20,22). The van der Waals surface area contributed by atoms with Crippen molar-refractivity contribution >= 4 is 21.6 Å². The summed E-state index contributed by atoms with van der Waals surface area (Å²) in [7, 11) is -0.537. The number of carbonyl (C=O) groups excluding carboxylic acids is 1. The van der Waals surface area contributed by atoms with Crippen molar-refractivity contribution in [3.8, 4) is 5.75 Å². The van der Waals surface area contributed by atoms with E-state index in [2.05, 4.69) is 5.32 Å². The molecule has 2 aromatic carbocycles. The summed E-state index contributed by atoms with van der Waals surface area (Å²) in [6.07, 6.45) is 0. The topological polar surface area (TPSA) is 75.7 Å². The zero-order valence-electron chi connectivity index (χ0n) is 15.7. The molecule has 0 saturated heterocycles. The van der Waals surface area contributed by atoms with Gasteiger partial charge in [-0.15, -0.1) is 0 Å². The SMILES string of the molecule is Cc1cc(C)c(NC(=O)COc2ccc(S(=O)(=O)N(C)C)cc2)c(C)c1. The van der Waals surface area contributed by atoms with Crippen LogP contribution >= 0.6 is 0 Å². The molecule has 0 aromatic heterocycles. The highest BCUT2D eigenvalue weighted by Gasteiger charge is 2.17. The number of nitrogens with one attached hydrogen (secondary N) is 1. The molecule has 7 heteroatoms. The van der Waals surface area contributed by atoms with E-state index in [4.69, 9.17) is 4.74 Å². The molecule has 26 heavy (non-hydrogen) atoms. The Morgan fingerprint density at radius 3 is 2.08 bits per heavy atom. The van der Waals surface area contributed by atoms with Crippen molar-refractivity contribution in [2.24, 2.45) is 0 Å². The molecule has 0 saturated carbocycles. The molecule has 1 N–H and O–H groups in total. The van der Waals surface area contributed by atoms with Crippen LogP contribution in [0.1, 0.15) is 16.7 Å². The number of hydrogen-bond donors (Lipinski definition) is 1. The summed E-state index contributed by atoms with van der Waals surface area (Å²) in [6.45, 7) is 5.74. The van der Waals surface area contributed by atoms with Crippen molar-refractivity contribution in [3.63, 3.8) is 0 Å². The monoisotopic (exact) mass is 376 g/mol. The van der Waals surface area contributed by atoms with Gasteiger partial charge in [-0.25, -0.2) is 12.7 Å². The highest BCUT2D eigenvalue weighted by molar-refractivity contribution is 7.89. The lowest BCUT2D eigenvalue weighted by molar-refractivity contribution is -0.118. The van der Waals surface area contributed by atoms with Gasteiger partial charge >= 0.3 is 0 Å². The summed E-state index contributed by atoms with van der Waals surface area (Å²) < 4.78 is 30.6. The van der Waals surface area contributed by atoms with Crippen LogP contribution in [0.25, 0.3) is 0 Å². The minimum atomic E-state index is -3.48. The van der Waals surface area contributed by atoms with Crippen LogP contribution in [0.3, 0.4) is 0 Å². The third-order valence-electron chi connectivity index (χ3n) is 3.91. The third-order valence-corrected chi connectivity index (χ3v) is 5.74. The summed E-state index contributed by atoms with van der Waals surface area (Å²) in [5.41, 5.74) is 3.92. The Labute approximate surface area is 154 Å². The van der Waals surface area contributed by atoms with E-state index in [0.29, 0.717) is 5.75 Å². The Bertz CT molecular complexity index is 881. The molecule has 0 bridgehead atoms.